The first-order chi connectivity index (χ1) is 13.4. The summed E-state index contributed by atoms with van der Waals surface area (Å²) < 4.78 is 0. The molecule has 2 heterocycles. The Morgan fingerprint density at radius 1 is 1.17 bits per heavy atom. The van der Waals surface area contributed by atoms with Crippen molar-refractivity contribution in [3.63, 3.8) is 0 Å². The van der Waals surface area contributed by atoms with Crippen LogP contribution in [0.3, 0.4) is 0 Å². The van der Waals surface area contributed by atoms with Gasteiger partial charge in [-0.15, -0.1) is 24.0 Å². The molecule has 2 fully saturated rings. The normalized spacial score (nSPS) is 26.4. The molecule has 1 aromatic carbocycles. The average molecular weight is 514 g/mol. The van der Waals surface area contributed by atoms with Gasteiger partial charge in [-0.2, -0.15) is 0 Å². The zero-order valence-electron chi connectivity index (χ0n) is 18.7. The summed E-state index contributed by atoms with van der Waals surface area (Å²) in [4.78, 5) is 7.10. The van der Waals surface area contributed by atoms with Crippen molar-refractivity contribution in [1.82, 2.24) is 20.9 Å². The highest BCUT2D eigenvalue weighted by Gasteiger charge is 2.36. The number of benzene rings is 1. The van der Waals surface area contributed by atoms with Gasteiger partial charge in [0.15, 0.2) is 5.96 Å². The number of halogens is 1. The minimum atomic E-state index is -0.0455. The van der Waals surface area contributed by atoms with Gasteiger partial charge >= 0.3 is 0 Å². The van der Waals surface area contributed by atoms with Gasteiger partial charge in [0.05, 0.1) is 0 Å². The Labute approximate surface area is 194 Å². The van der Waals surface area contributed by atoms with E-state index in [1.165, 1.54) is 37.7 Å². The molecule has 3 rings (SSSR count). The van der Waals surface area contributed by atoms with Crippen LogP contribution in [0.1, 0.15) is 64.5 Å². The fourth-order valence-corrected chi connectivity index (χ4v) is 4.89. The third kappa shape index (κ3) is 6.82. The number of aliphatic imine (C=N–C) groups is 1. The summed E-state index contributed by atoms with van der Waals surface area (Å²) in [5, 5.41) is 11.0. The Bertz CT molecular complexity index is 634. The van der Waals surface area contributed by atoms with Crippen LogP contribution in [0.5, 0.6) is 0 Å². The maximum Gasteiger partial charge on any atom is 0.191 e. The van der Waals surface area contributed by atoms with Gasteiger partial charge in [0.2, 0.25) is 0 Å². The second-order valence-electron chi connectivity index (χ2n) is 9.30. The van der Waals surface area contributed by atoms with Crippen LogP contribution in [0, 0.1) is 0 Å². The second kappa shape index (κ2) is 11.0. The van der Waals surface area contributed by atoms with Crippen LogP contribution < -0.4 is 16.0 Å². The van der Waals surface area contributed by atoms with Gasteiger partial charge in [-0.3, -0.25) is 4.99 Å². The van der Waals surface area contributed by atoms with Crippen LogP contribution in [-0.4, -0.2) is 55.2 Å². The molecule has 0 aliphatic carbocycles. The van der Waals surface area contributed by atoms with Crippen LogP contribution >= 0.6 is 24.0 Å². The highest BCUT2D eigenvalue weighted by molar-refractivity contribution is 14.0. The van der Waals surface area contributed by atoms with Crippen LogP contribution in [0.2, 0.25) is 0 Å². The highest BCUT2D eigenvalue weighted by atomic mass is 127. The highest BCUT2D eigenvalue weighted by Crippen LogP contribution is 2.32. The topological polar surface area (TPSA) is 51.7 Å². The molecule has 0 spiro atoms. The lowest BCUT2D eigenvalue weighted by Crippen LogP contribution is -2.58. The van der Waals surface area contributed by atoms with Crippen molar-refractivity contribution >= 4 is 29.9 Å². The Balaban J connectivity index is 0.00000300. The molecule has 6 heteroatoms. The van der Waals surface area contributed by atoms with E-state index in [-0.39, 0.29) is 29.5 Å². The molecule has 3 unspecified atom stereocenters. The predicted octanol–water partition coefficient (Wildman–Crippen LogP) is 3.91. The first kappa shape index (κ1) is 24.4. The fraction of sp³-hybridized carbons (Fsp3) is 0.696. The van der Waals surface area contributed by atoms with Gasteiger partial charge in [-0.25, -0.2) is 0 Å². The summed E-state index contributed by atoms with van der Waals surface area (Å²) in [6.07, 6.45) is 6.51. The lowest BCUT2D eigenvalue weighted by atomic mass is 9.82. The second-order valence-corrected chi connectivity index (χ2v) is 9.30. The fourth-order valence-electron chi connectivity index (χ4n) is 4.89. The quantitative estimate of drug-likeness (QED) is 0.307. The summed E-state index contributed by atoms with van der Waals surface area (Å²) in [7, 11) is 4.18. The van der Waals surface area contributed by atoms with Gasteiger partial charge in [0.1, 0.15) is 0 Å². The number of nitrogens with zero attached hydrogens (tertiary/aromatic N) is 2. The van der Waals surface area contributed by atoms with Crippen molar-refractivity contribution < 1.29 is 0 Å². The van der Waals surface area contributed by atoms with E-state index in [1.54, 1.807) is 0 Å². The maximum absolute atomic E-state index is 4.49. The minimum Gasteiger partial charge on any atom is -0.355 e. The van der Waals surface area contributed by atoms with E-state index >= 15 is 0 Å². The lowest BCUT2D eigenvalue weighted by molar-refractivity contribution is 0.0526. The van der Waals surface area contributed by atoms with Crippen molar-refractivity contribution in [2.24, 2.45) is 4.99 Å². The van der Waals surface area contributed by atoms with Gasteiger partial charge in [0.25, 0.3) is 0 Å². The van der Waals surface area contributed by atoms with Gasteiger partial charge < -0.3 is 20.9 Å². The monoisotopic (exact) mass is 513 g/mol. The van der Waals surface area contributed by atoms with Crippen molar-refractivity contribution in [3.05, 3.63) is 35.9 Å². The van der Waals surface area contributed by atoms with Crippen molar-refractivity contribution in [2.45, 2.75) is 82.6 Å². The van der Waals surface area contributed by atoms with Crippen molar-refractivity contribution in [2.75, 3.05) is 20.6 Å². The zero-order valence-corrected chi connectivity index (χ0v) is 21.1. The summed E-state index contributed by atoms with van der Waals surface area (Å²) in [5.41, 5.74) is 1.27. The summed E-state index contributed by atoms with van der Waals surface area (Å²) in [6.45, 7) is 7.53. The Morgan fingerprint density at radius 3 is 2.38 bits per heavy atom. The third-order valence-electron chi connectivity index (χ3n) is 6.51. The molecule has 29 heavy (non-hydrogen) atoms. The van der Waals surface area contributed by atoms with E-state index < -0.39 is 0 Å². The summed E-state index contributed by atoms with van der Waals surface area (Å²) in [5.74, 6) is 0.926. The van der Waals surface area contributed by atoms with E-state index in [2.05, 4.69) is 84.0 Å². The smallest absolute Gasteiger partial charge is 0.191 e. The lowest BCUT2D eigenvalue weighted by Gasteiger charge is -2.47. The number of nitrogens with one attached hydrogen (secondary N) is 3. The van der Waals surface area contributed by atoms with E-state index in [4.69, 9.17) is 0 Å². The van der Waals surface area contributed by atoms with Gasteiger partial charge in [-0.05, 0) is 59.1 Å². The van der Waals surface area contributed by atoms with Crippen LogP contribution in [0.15, 0.2) is 35.3 Å². The zero-order chi connectivity index (χ0) is 20.1. The number of fused-ring (bicyclic) bond motifs is 2. The minimum absolute atomic E-state index is 0. The molecule has 0 radical (unpaired) electrons. The Morgan fingerprint density at radius 2 is 1.79 bits per heavy atom. The SMILES string of the molecule is CN=C(NCC(C)(C)NC(C)c1ccccc1)NC1CC2CCCC(C1)N2C.I. The molecule has 0 amide bonds. The van der Waals surface area contributed by atoms with Gasteiger partial charge in [-0.1, -0.05) is 36.8 Å². The molecular formula is C23H40IN5. The standard InChI is InChI=1S/C23H39N5.HI/c1-17(18-10-7-6-8-11-18)27-23(2,3)16-25-22(24-4)26-19-14-20-12-9-13-21(15-19)28(20)5;/h6-8,10-11,17,19-21,27H,9,12-16H2,1-5H3,(H2,24,25,26);1H. The molecular weight excluding hydrogens is 473 g/mol. The Kier molecular flexibility index (Phi) is 9.22. The molecule has 5 nitrogen and oxygen atoms in total. The van der Waals surface area contributed by atoms with Crippen molar-refractivity contribution in [3.8, 4) is 0 Å². The number of guanidine groups is 1. The van der Waals surface area contributed by atoms with Crippen LogP contribution in [0.25, 0.3) is 0 Å². The molecule has 1 aromatic rings. The van der Waals surface area contributed by atoms with E-state index in [1.807, 2.05) is 7.05 Å². The van der Waals surface area contributed by atoms with Crippen LogP contribution in [-0.2, 0) is 0 Å². The molecule has 0 aromatic heterocycles. The predicted molar refractivity (Wildman–Crippen MR) is 134 cm³/mol. The number of hydrogen-bond donors (Lipinski definition) is 3. The average Bonchev–Trinajstić information content (AvgIpc) is 2.66. The molecule has 3 N–H and O–H groups in total. The van der Waals surface area contributed by atoms with E-state index in [0.717, 1.165) is 24.6 Å². The molecule has 0 saturated carbocycles. The molecule has 3 atom stereocenters. The Hall–Kier alpha value is -0.860. The summed E-state index contributed by atoms with van der Waals surface area (Å²) in [6, 6.07) is 12.9. The number of hydrogen-bond acceptors (Lipinski definition) is 3. The molecule has 2 bridgehead atoms. The molecule has 2 aliphatic heterocycles. The molecule has 164 valence electrons. The maximum atomic E-state index is 4.49. The number of rotatable bonds is 6. The van der Waals surface area contributed by atoms with E-state index in [9.17, 15) is 0 Å². The molecule has 2 saturated heterocycles. The summed E-state index contributed by atoms with van der Waals surface area (Å²) >= 11 is 0. The number of piperidine rings is 2. The van der Waals surface area contributed by atoms with E-state index in [0.29, 0.717) is 12.1 Å². The first-order valence-electron chi connectivity index (χ1n) is 10.9. The van der Waals surface area contributed by atoms with Gasteiger partial charge in [0, 0.05) is 43.3 Å². The molecule has 2 aliphatic rings. The first-order valence-corrected chi connectivity index (χ1v) is 10.9. The van der Waals surface area contributed by atoms with Crippen molar-refractivity contribution in [1.29, 1.82) is 0 Å². The van der Waals surface area contributed by atoms with Crippen LogP contribution in [0.4, 0.5) is 0 Å². The largest absolute Gasteiger partial charge is 0.355 e. The third-order valence-corrected chi connectivity index (χ3v) is 6.51.